The summed E-state index contributed by atoms with van der Waals surface area (Å²) in [6.07, 6.45) is 10.0. The molecule has 0 saturated heterocycles. The van der Waals surface area contributed by atoms with Gasteiger partial charge < -0.3 is 5.32 Å². The van der Waals surface area contributed by atoms with Crippen LogP contribution in [0.4, 0.5) is 0 Å². The van der Waals surface area contributed by atoms with E-state index >= 15 is 0 Å². The minimum atomic E-state index is 0.852. The molecule has 2 aliphatic rings. The average molecular weight is 195 g/mol. The first-order valence-electron chi connectivity index (χ1n) is 6.54. The molecule has 0 aliphatic heterocycles. The molecule has 4 unspecified atom stereocenters. The molecule has 82 valence electrons. The van der Waals surface area contributed by atoms with Gasteiger partial charge in [-0.15, -0.1) is 0 Å². The first kappa shape index (κ1) is 10.5. The van der Waals surface area contributed by atoms with Gasteiger partial charge in [0.15, 0.2) is 0 Å². The van der Waals surface area contributed by atoms with E-state index < -0.39 is 0 Å². The number of nitrogens with one attached hydrogen (secondary N) is 1. The topological polar surface area (TPSA) is 12.0 Å². The van der Waals surface area contributed by atoms with Crippen LogP contribution in [0.5, 0.6) is 0 Å². The molecule has 1 N–H and O–H groups in total. The lowest BCUT2D eigenvalue weighted by Crippen LogP contribution is -2.35. The first-order chi connectivity index (χ1) is 6.78. The van der Waals surface area contributed by atoms with Crippen LogP contribution >= 0.6 is 0 Å². The monoisotopic (exact) mass is 195 g/mol. The molecule has 0 aromatic carbocycles. The lowest BCUT2D eigenvalue weighted by molar-refractivity contribution is 0.411. The zero-order valence-corrected chi connectivity index (χ0v) is 9.76. The van der Waals surface area contributed by atoms with Crippen LogP contribution in [0.1, 0.15) is 58.8 Å². The predicted molar refractivity (Wildman–Crippen MR) is 61.4 cm³/mol. The Morgan fingerprint density at radius 2 is 1.71 bits per heavy atom. The Balaban J connectivity index is 1.71. The van der Waals surface area contributed by atoms with Gasteiger partial charge >= 0.3 is 0 Å². The molecule has 0 spiro atoms. The largest absolute Gasteiger partial charge is 0.311 e. The Kier molecular flexibility index (Phi) is 3.48. The summed E-state index contributed by atoms with van der Waals surface area (Å²) in [5.74, 6) is 1.99. The molecular weight excluding hydrogens is 170 g/mol. The molecule has 2 fully saturated rings. The van der Waals surface area contributed by atoms with Gasteiger partial charge in [0, 0.05) is 12.1 Å². The minimum Gasteiger partial charge on any atom is -0.311 e. The van der Waals surface area contributed by atoms with Gasteiger partial charge in [-0.2, -0.15) is 0 Å². The van der Waals surface area contributed by atoms with Gasteiger partial charge in [-0.25, -0.2) is 0 Å². The van der Waals surface area contributed by atoms with Crippen molar-refractivity contribution < 1.29 is 0 Å². The van der Waals surface area contributed by atoms with Crippen LogP contribution in [-0.2, 0) is 0 Å². The lowest BCUT2D eigenvalue weighted by atomic mass is 10.1. The highest BCUT2D eigenvalue weighted by Crippen LogP contribution is 2.31. The fourth-order valence-corrected chi connectivity index (χ4v) is 3.29. The minimum absolute atomic E-state index is 0.852. The predicted octanol–water partition coefficient (Wildman–Crippen LogP) is 3.34. The van der Waals surface area contributed by atoms with Crippen molar-refractivity contribution in [2.24, 2.45) is 11.8 Å². The third-order valence-corrected chi connectivity index (χ3v) is 4.28. The average Bonchev–Trinajstić information content (AvgIpc) is 2.76. The Labute approximate surface area is 88.7 Å². The molecule has 1 nitrogen and oxygen atoms in total. The van der Waals surface area contributed by atoms with Gasteiger partial charge in [0.2, 0.25) is 0 Å². The second-order valence-electron chi connectivity index (χ2n) is 5.57. The van der Waals surface area contributed by atoms with E-state index in [1.807, 2.05) is 0 Å². The Morgan fingerprint density at radius 1 is 1.00 bits per heavy atom. The van der Waals surface area contributed by atoms with Crippen molar-refractivity contribution in [1.29, 1.82) is 0 Å². The summed E-state index contributed by atoms with van der Waals surface area (Å²) in [7, 11) is 0. The summed E-state index contributed by atoms with van der Waals surface area (Å²) in [4.78, 5) is 0. The second-order valence-corrected chi connectivity index (χ2v) is 5.57. The Morgan fingerprint density at radius 3 is 2.29 bits per heavy atom. The first-order valence-corrected chi connectivity index (χ1v) is 6.54. The molecule has 4 atom stereocenters. The van der Waals surface area contributed by atoms with Crippen LogP contribution in [-0.4, -0.2) is 12.1 Å². The molecule has 2 rings (SSSR count). The zero-order valence-electron chi connectivity index (χ0n) is 9.76. The summed E-state index contributed by atoms with van der Waals surface area (Å²) in [5.41, 5.74) is 0. The molecule has 0 radical (unpaired) electrons. The third-order valence-electron chi connectivity index (χ3n) is 4.28. The normalized spacial score (nSPS) is 43.3. The van der Waals surface area contributed by atoms with E-state index in [2.05, 4.69) is 19.2 Å². The molecule has 14 heavy (non-hydrogen) atoms. The van der Waals surface area contributed by atoms with Gasteiger partial charge in [0.05, 0.1) is 0 Å². The van der Waals surface area contributed by atoms with E-state index in [9.17, 15) is 0 Å². The second kappa shape index (κ2) is 4.65. The van der Waals surface area contributed by atoms with Gasteiger partial charge in [0.25, 0.3) is 0 Å². The standard InChI is InChI=1S/C13H25N/c1-3-11-5-7-13(9-11)14-12-6-4-10(2)8-12/h10-14H,3-9H2,1-2H3. The molecular formula is C13H25N. The van der Waals surface area contributed by atoms with Gasteiger partial charge in [-0.1, -0.05) is 20.3 Å². The maximum absolute atomic E-state index is 3.87. The molecule has 0 bridgehead atoms. The van der Waals surface area contributed by atoms with Crippen molar-refractivity contribution in [2.75, 3.05) is 0 Å². The van der Waals surface area contributed by atoms with Crippen LogP contribution in [0.15, 0.2) is 0 Å². The van der Waals surface area contributed by atoms with E-state index in [0.29, 0.717) is 0 Å². The van der Waals surface area contributed by atoms with Crippen LogP contribution < -0.4 is 5.32 Å². The zero-order chi connectivity index (χ0) is 9.97. The molecule has 1 heteroatoms. The summed E-state index contributed by atoms with van der Waals surface area (Å²) >= 11 is 0. The molecule has 0 amide bonds. The van der Waals surface area contributed by atoms with E-state index in [0.717, 1.165) is 23.9 Å². The fourth-order valence-electron chi connectivity index (χ4n) is 3.29. The van der Waals surface area contributed by atoms with E-state index in [1.54, 1.807) is 0 Å². The van der Waals surface area contributed by atoms with Gasteiger partial charge in [-0.05, 0) is 50.4 Å². The molecule has 2 aliphatic carbocycles. The summed E-state index contributed by atoms with van der Waals surface area (Å²) in [5, 5.41) is 3.87. The van der Waals surface area contributed by atoms with Crippen LogP contribution in [0, 0.1) is 11.8 Å². The molecule has 0 heterocycles. The highest BCUT2D eigenvalue weighted by molar-refractivity contribution is 4.86. The van der Waals surface area contributed by atoms with Crippen LogP contribution in [0.2, 0.25) is 0 Å². The van der Waals surface area contributed by atoms with Crippen molar-refractivity contribution in [3.05, 3.63) is 0 Å². The van der Waals surface area contributed by atoms with Crippen molar-refractivity contribution >= 4 is 0 Å². The van der Waals surface area contributed by atoms with E-state index in [-0.39, 0.29) is 0 Å². The number of hydrogen-bond acceptors (Lipinski definition) is 1. The quantitative estimate of drug-likeness (QED) is 0.728. The summed E-state index contributed by atoms with van der Waals surface area (Å²) in [6, 6.07) is 1.71. The maximum Gasteiger partial charge on any atom is 0.00723 e. The highest BCUT2D eigenvalue weighted by atomic mass is 15.0. The van der Waals surface area contributed by atoms with Crippen molar-refractivity contribution in [2.45, 2.75) is 70.9 Å². The van der Waals surface area contributed by atoms with E-state index in [1.165, 1.54) is 44.9 Å². The molecule has 0 aromatic rings. The Bertz CT molecular complexity index is 178. The van der Waals surface area contributed by atoms with Crippen molar-refractivity contribution in [1.82, 2.24) is 5.32 Å². The summed E-state index contributed by atoms with van der Waals surface area (Å²) < 4.78 is 0. The SMILES string of the molecule is CCC1CCC(NC2CCC(C)C2)C1. The maximum atomic E-state index is 3.87. The fraction of sp³-hybridized carbons (Fsp3) is 1.00. The third kappa shape index (κ3) is 2.50. The number of hydrogen-bond donors (Lipinski definition) is 1. The van der Waals surface area contributed by atoms with Crippen LogP contribution in [0.25, 0.3) is 0 Å². The molecule has 0 aromatic heterocycles. The van der Waals surface area contributed by atoms with Gasteiger partial charge in [0.1, 0.15) is 0 Å². The van der Waals surface area contributed by atoms with Gasteiger partial charge in [-0.3, -0.25) is 0 Å². The number of rotatable bonds is 3. The van der Waals surface area contributed by atoms with Crippen molar-refractivity contribution in [3.63, 3.8) is 0 Å². The Hall–Kier alpha value is -0.0400. The molecule has 2 saturated carbocycles. The van der Waals surface area contributed by atoms with Crippen LogP contribution in [0.3, 0.4) is 0 Å². The van der Waals surface area contributed by atoms with Crippen molar-refractivity contribution in [3.8, 4) is 0 Å². The lowest BCUT2D eigenvalue weighted by Gasteiger charge is -2.18. The summed E-state index contributed by atoms with van der Waals surface area (Å²) in [6.45, 7) is 4.73. The van der Waals surface area contributed by atoms with E-state index in [4.69, 9.17) is 0 Å². The smallest absolute Gasteiger partial charge is 0.00723 e. The highest BCUT2D eigenvalue weighted by Gasteiger charge is 2.28.